The van der Waals surface area contributed by atoms with Crippen LogP contribution in [0.1, 0.15) is 50.1 Å². The standard InChI is InChI=1S/C30H34FN5O4S2/c1-40-21-16-24(31)26(33-17-21)29-34-25(22-4-2-3-5-23(22)28(37)35-30(18-32)10-11-30)27(41-29)19-6-8-20(9-7-19)36-12-14-42(38,39)15-13-36/h6-9,16-17,22-23,38-39H,2-5,10-15H2,1H3,(H,35,37)/t22-,23-/m1/s1. The highest BCUT2D eigenvalue weighted by Crippen LogP contribution is 2.47. The summed E-state index contributed by atoms with van der Waals surface area (Å²) in [4.78, 5) is 25.8. The summed E-state index contributed by atoms with van der Waals surface area (Å²) < 4.78 is 40.3. The Labute approximate surface area is 250 Å². The van der Waals surface area contributed by atoms with Gasteiger partial charge in [-0.1, -0.05) is 25.0 Å². The Kier molecular flexibility index (Phi) is 7.87. The van der Waals surface area contributed by atoms with Crippen LogP contribution in [0.5, 0.6) is 5.75 Å². The molecule has 3 heterocycles. The molecule has 2 atom stereocenters. The van der Waals surface area contributed by atoms with E-state index in [-0.39, 0.29) is 23.4 Å². The topological polar surface area (TPSA) is 132 Å². The zero-order valence-corrected chi connectivity index (χ0v) is 25.0. The molecule has 42 heavy (non-hydrogen) atoms. The molecule has 3 aliphatic rings. The molecule has 0 bridgehead atoms. The van der Waals surface area contributed by atoms with E-state index >= 15 is 4.39 Å². The van der Waals surface area contributed by atoms with Gasteiger partial charge in [0.1, 0.15) is 22.0 Å². The van der Waals surface area contributed by atoms with Crippen LogP contribution in [0.3, 0.4) is 0 Å². The average Bonchev–Trinajstić information content (AvgIpc) is 3.64. The maximum atomic E-state index is 15.1. The van der Waals surface area contributed by atoms with E-state index < -0.39 is 21.9 Å². The van der Waals surface area contributed by atoms with Crippen molar-refractivity contribution in [3.63, 3.8) is 0 Å². The molecule has 1 amide bonds. The summed E-state index contributed by atoms with van der Waals surface area (Å²) in [6, 6.07) is 11.6. The van der Waals surface area contributed by atoms with Gasteiger partial charge in [0.25, 0.3) is 0 Å². The van der Waals surface area contributed by atoms with E-state index in [9.17, 15) is 19.2 Å². The highest BCUT2D eigenvalue weighted by atomic mass is 32.3. The molecule has 9 nitrogen and oxygen atoms in total. The Bertz CT molecular complexity index is 1510. The number of carbonyl (C=O) groups excluding carboxylic acids is 1. The fourth-order valence-corrected chi connectivity index (χ4v) is 8.25. The monoisotopic (exact) mass is 611 g/mol. The maximum Gasteiger partial charge on any atom is 0.225 e. The van der Waals surface area contributed by atoms with Crippen LogP contribution in [0.4, 0.5) is 10.1 Å². The van der Waals surface area contributed by atoms with Crippen molar-refractivity contribution in [3.8, 4) is 33.0 Å². The predicted octanol–water partition coefficient (Wildman–Crippen LogP) is 6.04. The van der Waals surface area contributed by atoms with Gasteiger partial charge in [0, 0.05) is 36.7 Å². The van der Waals surface area contributed by atoms with Crippen LogP contribution in [-0.2, 0) is 4.79 Å². The van der Waals surface area contributed by atoms with Gasteiger partial charge in [0.05, 0.1) is 41.5 Å². The number of benzene rings is 1. The first kappa shape index (κ1) is 28.9. The summed E-state index contributed by atoms with van der Waals surface area (Å²) in [7, 11) is -1.03. The lowest BCUT2D eigenvalue weighted by atomic mass is 9.76. The number of aromatic nitrogens is 2. The number of nitrogens with one attached hydrogen (secondary N) is 1. The summed E-state index contributed by atoms with van der Waals surface area (Å²) in [5, 5.41) is 13.0. The first-order valence-corrected chi connectivity index (χ1v) is 16.9. The minimum atomic E-state index is -2.49. The summed E-state index contributed by atoms with van der Waals surface area (Å²) in [6.07, 6.45) is 6.15. The smallest absolute Gasteiger partial charge is 0.225 e. The van der Waals surface area contributed by atoms with Gasteiger partial charge in [-0.25, -0.2) is 14.4 Å². The Hall–Kier alpha value is -3.24. The number of rotatable bonds is 7. The van der Waals surface area contributed by atoms with E-state index in [0.717, 1.165) is 41.1 Å². The van der Waals surface area contributed by atoms with Crippen molar-refractivity contribution < 1.29 is 23.0 Å². The fourth-order valence-electron chi connectivity index (χ4n) is 5.88. The predicted molar refractivity (Wildman–Crippen MR) is 163 cm³/mol. The van der Waals surface area contributed by atoms with Crippen LogP contribution in [0.25, 0.3) is 21.1 Å². The van der Waals surface area contributed by atoms with Gasteiger partial charge in [0.15, 0.2) is 5.82 Å². The molecule has 3 aromatic rings. The minimum absolute atomic E-state index is 0.112. The molecule has 1 aliphatic heterocycles. The van der Waals surface area contributed by atoms with Gasteiger partial charge in [-0.3, -0.25) is 13.9 Å². The Morgan fingerprint density at radius 1 is 1.21 bits per heavy atom. The highest BCUT2D eigenvalue weighted by molar-refractivity contribution is 8.24. The molecule has 1 saturated heterocycles. The molecular weight excluding hydrogens is 577 g/mol. The van der Waals surface area contributed by atoms with Crippen molar-refractivity contribution >= 4 is 33.5 Å². The number of nitriles is 1. The number of anilines is 1. The lowest BCUT2D eigenvalue weighted by Crippen LogP contribution is -2.42. The molecule has 2 aliphatic carbocycles. The number of halogens is 1. The molecule has 3 fully saturated rings. The van der Waals surface area contributed by atoms with E-state index in [0.29, 0.717) is 54.6 Å². The number of thiazole rings is 1. The third-order valence-electron chi connectivity index (χ3n) is 8.56. The number of amides is 1. The van der Waals surface area contributed by atoms with E-state index in [4.69, 9.17) is 9.72 Å². The summed E-state index contributed by atoms with van der Waals surface area (Å²) >= 11 is 1.36. The van der Waals surface area contributed by atoms with E-state index in [1.54, 1.807) is 0 Å². The van der Waals surface area contributed by atoms with E-state index in [2.05, 4.69) is 21.3 Å². The fraction of sp³-hybridized carbons (Fsp3) is 0.467. The number of hydrogen-bond donors (Lipinski definition) is 3. The van der Waals surface area contributed by atoms with Crippen molar-refractivity contribution in [2.24, 2.45) is 5.92 Å². The van der Waals surface area contributed by atoms with Crippen LogP contribution in [0.15, 0.2) is 36.5 Å². The van der Waals surface area contributed by atoms with Crippen LogP contribution in [-0.4, -0.2) is 62.2 Å². The normalized spacial score (nSPS) is 23.5. The second-order valence-electron chi connectivity index (χ2n) is 11.4. The highest BCUT2D eigenvalue weighted by Gasteiger charge is 2.47. The quantitative estimate of drug-likeness (QED) is 0.295. The molecule has 0 radical (unpaired) electrons. The summed E-state index contributed by atoms with van der Waals surface area (Å²) in [5.74, 6) is -0.125. The van der Waals surface area contributed by atoms with Crippen LogP contribution in [0.2, 0.25) is 0 Å². The molecule has 2 saturated carbocycles. The van der Waals surface area contributed by atoms with E-state index in [1.807, 2.05) is 24.3 Å². The summed E-state index contributed by atoms with van der Waals surface area (Å²) in [5.41, 5.74) is 2.05. The molecule has 3 N–H and O–H groups in total. The first-order chi connectivity index (χ1) is 20.2. The van der Waals surface area contributed by atoms with E-state index in [1.165, 1.54) is 30.7 Å². The molecular formula is C30H34FN5O4S2. The van der Waals surface area contributed by atoms with Crippen molar-refractivity contribution in [2.75, 3.05) is 36.6 Å². The van der Waals surface area contributed by atoms with Gasteiger partial charge >= 0.3 is 0 Å². The minimum Gasteiger partial charge on any atom is -0.495 e. The Morgan fingerprint density at radius 3 is 2.57 bits per heavy atom. The van der Waals surface area contributed by atoms with Gasteiger partial charge in [-0.15, -0.1) is 11.3 Å². The SMILES string of the molecule is COc1cnc(-c2nc([C@@H]3CCCC[C@H]3C(=O)NC3(C#N)CC3)c(-c3ccc(N4CCS(O)(O)CC4)cc3)s2)c(F)c1. The molecule has 0 spiro atoms. The lowest BCUT2D eigenvalue weighted by Gasteiger charge is -2.41. The van der Waals surface area contributed by atoms with Crippen molar-refractivity contribution in [3.05, 3.63) is 48.0 Å². The number of ether oxygens (including phenoxy) is 1. The molecule has 0 unspecified atom stereocenters. The van der Waals surface area contributed by atoms with Crippen LogP contribution >= 0.6 is 21.9 Å². The zero-order valence-electron chi connectivity index (χ0n) is 23.4. The Balaban J connectivity index is 1.36. The summed E-state index contributed by atoms with van der Waals surface area (Å²) in [6.45, 7) is 1.15. The van der Waals surface area contributed by atoms with Gasteiger partial charge in [0.2, 0.25) is 5.91 Å². The molecule has 222 valence electrons. The maximum absolute atomic E-state index is 15.1. The molecule has 1 aromatic carbocycles. The zero-order chi connectivity index (χ0) is 29.5. The van der Waals surface area contributed by atoms with Crippen molar-refractivity contribution in [1.29, 1.82) is 5.26 Å². The second-order valence-corrected chi connectivity index (χ2v) is 14.8. The Morgan fingerprint density at radius 2 is 1.93 bits per heavy atom. The number of pyridine rings is 1. The number of carbonyl (C=O) groups is 1. The van der Waals surface area contributed by atoms with Crippen molar-refractivity contribution in [1.82, 2.24) is 15.3 Å². The lowest BCUT2D eigenvalue weighted by molar-refractivity contribution is -0.127. The molecule has 6 rings (SSSR count). The number of hydrogen-bond acceptors (Lipinski definition) is 9. The molecule has 12 heteroatoms. The van der Waals surface area contributed by atoms with Crippen LogP contribution in [0, 0.1) is 23.1 Å². The van der Waals surface area contributed by atoms with Gasteiger partial charge < -0.3 is 15.0 Å². The third-order valence-corrected chi connectivity index (χ3v) is 11.4. The third kappa shape index (κ3) is 5.83. The molecule has 2 aromatic heterocycles. The number of methoxy groups -OCH3 is 1. The van der Waals surface area contributed by atoms with Crippen LogP contribution < -0.4 is 15.0 Å². The number of nitrogens with zero attached hydrogens (tertiary/aromatic N) is 4. The first-order valence-electron chi connectivity index (χ1n) is 14.2. The second kappa shape index (κ2) is 11.4. The van der Waals surface area contributed by atoms with Gasteiger partial charge in [-0.05, 0) is 43.4 Å². The largest absolute Gasteiger partial charge is 0.495 e. The van der Waals surface area contributed by atoms with Crippen molar-refractivity contribution in [2.45, 2.75) is 50.0 Å². The van der Waals surface area contributed by atoms with Gasteiger partial charge in [-0.2, -0.15) is 15.9 Å². The average molecular weight is 612 g/mol.